The fourth-order valence-electron chi connectivity index (χ4n) is 2.56. The molecular weight excluding hydrogens is 326 g/mol. The van der Waals surface area contributed by atoms with Gasteiger partial charge < -0.3 is 10.1 Å². The topological polar surface area (TPSA) is 105 Å². The van der Waals surface area contributed by atoms with E-state index in [2.05, 4.69) is 10.1 Å². The zero-order valence-corrected chi connectivity index (χ0v) is 14.2. The zero-order valence-electron chi connectivity index (χ0n) is 14.2. The molecule has 1 aliphatic heterocycles. The predicted octanol–water partition coefficient (Wildman–Crippen LogP) is 1.20. The average molecular weight is 347 g/mol. The first-order valence-electron chi connectivity index (χ1n) is 8.00. The molecule has 8 nitrogen and oxygen atoms in total. The fraction of sp³-hybridized carbons (Fsp3) is 0.412. The second-order valence-corrected chi connectivity index (χ2v) is 5.91. The van der Waals surface area contributed by atoms with E-state index < -0.39 is 36.0 Å². The number of nitrogens with zero attached hydrogens (tertiary/aromatic N) is 1. The van der Waals surface area contributed by atoms with Crippen molar-refractivity contribution in [3.05, 3.63) is 35.9 Å². The van der Waals surface area contributed by atoms with Crippen LogP contribution in [-0.2, 0) is 20.7 Å². The van der Waals surface area contributed by atoms with E-state index in [9.17, 15) is 19.2 Å². The first kappa shape index (κ1) is 18.4. The van der Waals surface area contributed by atoms with Crippen molar-refractivity contribution < 1.29 is 23.9 Å². The molecule has 1 saturated heterocycles. The first-order valence-corrected chi connectivity index (χ1v) is 8.00. The molecule has 2 rings (SSSR count). The van der Waals surface area contributed by atoms with Gasteiger partial charge in [-0.1, -0.05) is 30.3 Å². The molecule has 0 aromatic heterocycles. The summed E-state index contributed by atoms with van der Waals surface area (Å²) < 4.78 is 4.58. The number of urea groups is 1. The largest absolute Gasteiger partial charge is 0.450 e. The van der Waals surface area contributed by atoms with Gasteiger partial charge in [-0.15, -0.1) is 0 Å². The standard InChI is InChI=1S/C17H21N3O5/c1-3-25-16(24)18-13(21)11-20-14(22)17(2,19-15(20)23)10-9-12-7-5-4-6-8-12/h4-8H,3,9-11H2,1-2H3,(H,19,23)(H,18,21,24)/t17-/m0/s1. The van der Waals surface area contributed by atoms with E-state index in [4.69, 9.17) is 0 Å². The van der Waals surface area contributed by atoms with Crippen LogP contribution in [0.3, 0.4) is 0 Å². The summed E-state index contributed by atoms with van der Waals surface area (Å²) in [6.07, 6.45) is 0.0930. The Morgan fingerprint density at radius 2 is 1.92 bits per heavy atom. The second-order valence-electron chi connectivity index (χ2n) is 5.91. The van der Waals surface area contributed by atoms with Gasteiger partial charge in [0.15, 0.2) is 0 Å². The van der Waals surface area contributed by atoms with Gasteiger partial charge in [-0.25, -0.2) is 9.59 Å². The first-order chi connectivity index (χ1) is 11.9. The summed E-state index contributed by atoms with van der Waals surface area (Å²) >= 11 is 0. The molecule has 0 unspecified atom stereocenters. The van der Waals surface area contributed by atoms with Gasteiger partial charge in [-0.05, 0) is 32.3 Å². The molecule has 0 aliphatic carbocycles. The van der Waals surface area contributed by atoms with Gasteiger partial charge in [0.1, 0.15) is 12.1 Å². The van der Waals surface area contributed by atoms with Crippen LogP contribution in [0.1, 0.15) is 25.8 Å². The van der Waals surface area contributed by atoms with Gasteiger partial charge in [0.2, 0.25) is 5.91 Å². The number of alkyl carbamates (subject to hydrolysis) is 1. The molecule has 1 fully saturated rings. The number of carbonyl (C=O) groups is 4. The van der Waals surface area contributed by atoms with E-state index in [1.54, 1.807) is 13.8 Å². The van der Waals surface area contributed by atoms with Crippen molar-refractivity contribution in [3.8, 4) is 0 Å². The summed E-state index contributed by atoms with van der Waals surface area (Å²) in [6.45, 7) is 2.79. The van der Waals surface area contributed by atoms with E-state index in [0.717, 1.165) is 10.5 Å². The molecule has 1 aromatic rings. The van der Waals surface area contributed by atoms with Crippen molar-refractivity contribution in [3.63, 3.8) is 0 Å². The third kappa shape index (κ3) is 4.56. The van der Waals surface area contributed by atoms with Gasteiger partial charge in [0.25, 0.3) is 5.91 Å². The molecule has 25 heavy (non-hydrogen) atoms. The summed E-state index contributed by atoms with van der Waals surface area (Å²) in [5.41, 5.74) is -0.0406. The zero-order chi connectivity index (χ0) is 18.4. The third-order valence-corrected chi connectivity index (χ3v) is 3.92. The highest BCUT2D eigenvalue weighted by Gasteiger charge is 2.47. The van der Waals surface area contributed by atoms with Crippen molar-refractivity contribution >= 4 is 23.9 Å². The Balaban J connectivity index is 1.96. The molecule has 8 heteroatoms. The number of nitrogens with one attached hydrogen (secondary N) is 2. The van der Waals surface area contributed by atoms with Crippen molar-refractivity contribution in [1.29, 1.82) is 0 Å². The normalized spacial score (nSPS) is 19.5. The summed E-state index contributed by atoms with van der Waals surface area (Å²) in [6, 6.07) is 8.93. The highest BCUT2D eigenvalue weighted by atomic mass is 16.5. The molecule has 1 aromatic carbocycles. The number of imide groups is 2. The number of hydrogen-bond acceptors (Lipinski definition) is 5. The second kappa shape index (κ2) is 7.78. The molecule has 0 bridgehead atoms. The number of hydrogen-bond donors (Lipinski definition) is 2. The van der Waals surface area contributed by atoms with E-state index in [0.29, 0.717) is 12.8 Å². The van der Waals surface area contributed by atoms with Gasteiger partial charge in [-0.3, -0.25) is 19.8 Å². The van der Waals surface area contributed by atoms with E-state index in [-0.39, 0.29) is 6.61 Å². The van der Waals surface area contributed by atoms with Crippen LogP contribution in [0, 0.1) is 0 Å². The maximum atomic E-state index is 12.6. The molecule has 134 valence electrons. The molecule has 1 aliphatic rings. The Hall–Kier alpha value is -2.90. The average Bonchev–Trinajstić information content (AvgIpc) is 2.78. The minimum Gasteiger partial charge on any atom is -0.450 e. The van der Waals surface area contributed by atoms with Crippen LogP contribution in [0.15, 0.2) is 30.3 Å². The molecular formula is C17H21N3O5. The Morgan fingerprint density at radius 1 is 1.24 bits per heavy atom. The molecule has 0 saturated carbocycles. The molecule has 0 spiro atoms. The van der Waals surface area contributed by atoms with Crippen LogP contribution in [0.5, 0.6) is 0 Å². The number of ether oxygens (including phenoxy) is 1. The van der Waals surface area contributed by atoms with Crippen molar-refractivity contribution in [2.45, 2.75) is 32.2 Å². The summed E-state index contributed by atoms with van der Waals surface area (Å²) in [5, 5.41) is 4.59. The van der Waals surface area contributed by atoms with Crippen LogP contribution in [-0.4, -0.2) is 47.5 Å². The van der Waals surface area contributed by atoms with E-state index >= 15 is 0 Å². The van der Waals surface area contributed by atoms with E-state index in [1.807, 2.05) is 35.6 Å². The van der Waals surface area contributed by atoms with Crippen LogP contribution in [0.4, 0.5) is 9.59 Å². The quantitative estimate of drug-likeness (QED) is 0.753. The van der Waals surface area contributed by atoms with Gasteiger partial charge in [0, 0.05) is 0 Å². The molecule has 1 atom stereocenters. The SMILES string of the molecule is CCOC(=O)NC(=O)CN1C(=O)N[C@@](C)(CCc2ccccc2)C1=O. The Kier molecular flexibility index (Phi) is 5.74. The van der Waals surface area contributed by atoms with Crippen LogP contribution >= 0.6 is 0 Å². The van der Waals surface area contributed by atoms with Crippen molar-refractivity contribution in [1.82, 2.24) is 15.5 Å². The summed E-state index contributed by atoms with van der Waals surface area (Å²) in [4.78, 5) is 48.4. The lowest BCUT2D eigenvalue weighted by atomic mass is 9.93. The summed E-state index contributed by atoms with van der Waals surface area (Å²) in [7, 11) is 0. The van der Waals surface area contributed by atoms with Gasteiger partial charge in [0.05, 0.1) is 6.61 Å². The minimum atomic E-state index is -1.09. The number of benzene rings is 1. The summed E-state index contributed by atoms with van der Waals surface area (Å²) in [5.74, 6) is -1.28. The number of aryl methyl sites for hydroxylation is 1. The lowest BCUT2D eigenvalue weighted by Gasteiger charge is -2.21. The number of amides is 5. The lowest BCUT2D eigenvalue weighted by molar-refractivity contribution is -0.134. The Bertz CT molecular complexity index is 676. The lowest BCUT2D eigenvalue weighted by Crippen LogP contribution is -2.46. The van der Waals surface area contributed by atoms with Gasteiger partial charge in [-0.2, -0.15) is 0 Å². The predicted molar refractivity (Wildman–Crippen MR) is 88.6 cm³/mol. The van der Waals surface area contributed by atoms with Crippen LogP contribution in [0.25, 0.3) is 0 Å². The molecule has 2 N–H and O–H groups in total. The van der Waals surface area contributed by atoms with Crippen LogP contribution < -0.4 is 10.6 Å². The van der Waals surface area contributed by atoms with Crippen molar-refractivity contribution in [2.24, 2.45) is 0 Å². The monoisotopic (exact) mass is 347 g/mol. The molecule has 0 radical (unpaired) electrons. The third-order valence-electron chi connectivity index (χ3n) is 3.92. The maximum absolute atomic E-state index is 12.6. The maximum Gasteiger partial charge on any atom is 0.413 e. The number of rotatable bonds is 6. The van der Waals surface area contributed by atoms with Gasteiger partial charge >= 0.3 is 12.1 Å². The van der Waals surface area contributed by atoms with Crippen LogP contribution in [0.2, 0.25) is 0 Å². The fourth-order valence-corrected chi connectivity index (χ4v) is 2.56. The molecule has 5 amide bonds. The Morgan fingerprint density at radius 3 is 2.56 bits per heavy atom. The van der Waals surface area contributed by atoms with E-state index in [1.165, 1.54) is 0 Å². The van der Waals surface area contributed by atoms with Crippen molar-refractivity contribution in [2.75, 3.05) is 13.2 Å². The smallest absolute Gasteiger partial charge is 0.413 e. The minimum absolute atomic E-state index is 0.111. The number of carbonyl (C=O) groups excluding carboxylic acids is 4. The molecule has 1 heterocycles. The highest BCUT2D eigenvalue weighted by molar-refractivity contribution is 6.09. The Labute approximate surface area is 145 Å². The highest BCUT2D eigenvalue weighted by Crippen LogP contribution is 2.23.